The normalized spacial score (nSPS) is 10.8. The summed E-state index contributed by atoms with van der Waals surface area (Å²) in [5, 5.41) is 6.26. The van der Waals surface area contributed by atoms with Gasteiger partial charge >= 0.3 is 11.7 Å². The van der Waals surface area contributed by atoms with Crippen LogP contribution < -0.4 is 21.3 Å². The Morgan fingerprint density at radius 1 is 1.12 bits per heavy atom. The van der Waals surface area contributed by atoms with Gasteiger partial charge < -0.3 is 24.7 Å². The second-order valence-electron chi connectivity index (χ2n) is 7.32. The minimum atomic E-state index is -0.581. The fraction of sp³-hybridized carbons (Fsp3) is 0.182. The molecule has 4 aromatic rings. The van der Waals surface area contributed by atoms with Crippen molar-refractivity contribution in [2.24, 2.45) is 0 Å². The summed E-state index contributed by atoms with van der Waals surface area (Å²) in [5.41, 5.74) is 4.69. The highest BCUT2D eigenvalue weighted by Gasteiger charge is 2.16. The van der Waals surface area contributed by atoms with E-state index in [1.165, 1.54) is 13.3 Å². The van der Waals surface area contributed by atoms with Crippen LogP contribution in [0.25, 0.3) is 11.1 Å². The Bertz CT molecular complexity index is 1360. The van der Waals surface area contributed by atoms with Gasteiger partial charge in [-0.05, 0) is 42.8 Å². The van der Waals surface area contributed by atoms with Crippen LogP contribution in [0.4, 0.5) is 28.8 Å². The Balaban J connectivity index is 1.68. The highest BCUT2D eigenvalue weighted by molar-refractivity contribution is 5.95. The van der Waals surface area contributed by atoms with Crippen LogP contribution in [0, 0.1) is 6.92 Å². The number of anilines is 5. The van der Waals surface area contributed by atoms with E-state index < -0.39 is 11.7 Å². The fourth-order valence-corrected chi connectivity index (χ4v) is 3.26. The number of oxazole rings is 1. The molecule has 0 fully saturated rings. The van der Waals surface area contributed by atoms with Crippen molar-refractivity contribution in [3.8, 4) is 0 Å². The van der Waals surface area contributed by atoms with Gasteiger partial charge in [0.05, 0.1) is 12.6 Å². The summed E-state index contributed by atoms with van der Waals surface area (Å²) in [6.07, 6.45) is 1.39. The minimum absolute atomic E-state index is 0.164. The second kappa shape index (κ2) is 8.42. The van der Waals surface area contributed by atoms with Gasteiger partial charge in [0.15, 0.2) is 11.4 Å². The molecule has 2 heterocycles. The van der Waals surface area contributed by atoms with Crippen LogP contribution in [0.2, 0.25) is 0 Å². The van der Waals surface area contributed by atoms with E-state index in [1.54, 1.807) is 18.2 Å². The quantitative estimate of drug-likeness (QED) is 0.391. The smallest absolute Gasteiger partial charge is 0.417 e. The molecule has 4 rings (SSSR count). The third-order valence-electron chi connectivity index (χ3n) is 4.82. The third-order valence-corrected chi connectivity index (χ3v) is 4.82. The van der Waals surface area contributed by atoms with Gasteiger partial charge in [0.1, 0.15) is 5.56 Å². The van der Waals surface area contributed by atoms with E-state index in [0.717, 1.165) is 16.9 Å². The number of aryl methyl sites for hydroxylation is 1. The lowest BCUT2D eigenvalue weighted by Crippen LogP contribution is -2.11. The van der Waals surface area contributed by atoms with Gasteiger partial charge in [-0.25, -0.2) is 14.6 Å². The summed E-state index contributed by atoms with van der Waals surface area (Å²) in [5.74, 6) is -0.579. The Morgan fingerprint density at radius 2 is 1.88 bits per heavy atom. The molecule has 0 saturated heterocycles. The molecule has 0 aliphatic rings. The van der Waals surface area contributed by atoms with E-state index in [4.69, 9.17) is 9.15 Å². The summed E-state index contributed by atoms with van der Waals surface area (Å²) in [7, 11) is 5.23. The van der Waals surface area contributed by atoms with Crippen LogP contribution in [0.15, 0.2) is 51.8 Å². The van der Waals surface area contributed by atoms with Crippen LogP contribution in [0.3, 0.4) is 0 Å². The van der Waals surface area contributed by atoms with Crippen molar-refractivity contribution in [2.75, 3.05) is 36.7 Å². The van der Waals surface area contributed by atoms with Gasteiger partial charge in [0.25, 0.3) is 0 Å². The summed E-state index contributed by atoms with van der Waals surface area (Å²) >= 11 is 0. The molecule has 0 saturated carbocycles. The SMILES string of the molecule is COC(=O)c1cnc(Nc2ccc(C)c(N(C)C)c2)nc1Nc1ccc2oc(=O)[nH]c2c1. The van der Waals surface area contributed by atoms with Crippen LogP contribution in [0.1, 0.15) is 15.9 Å². The maximum atomic E-state index is 12.2. The first kappa shape index (κ1) is 20.9. The maximum Gasteiger partial charge on any atom is 0.417 e. The third kappa shape index (κ3) is 4.24. The number of esters is 1. The number of aromatic amines is 1. The standard InChI is InChI=1S/C22H22N6O4/c1-12-5-6-14(10-17(12)28(2)3)25-21-23-11-15(20(29)31-4)19(27-21)24-13-7-8-18-16(9-13)26-22(30)32-18/h5-11H,1-4H3,(H,26,30)(H2,23,24,25,27). The first-order chi connectivity index (χ1) is 15.3. The molecule has 10 heteroatoms. The van der Waals surface area contributed by atoms with Crippen LogP contribution in [-0.2, 0) is 4.74 Å². The number of carbonyl (C=O) groups excluding carboxylic acids is 1. The molecule has 0 atom stereocenters. The molecule has 0 radical (unpaired) electrons. The number of benzene rings is 2. The van der Waals surface area contributed by atoms with Crippen LogP contribution in [-0.4, -0.2) is 42.1 Å². The van der Waals surface area contributed by atoms with E-state index in [0.29, 0.717) is 22.7 Å². The number of carbonyl (C=O) groups is 1. The number of aromatic nitrogens is 3. The van der Waals surface area contributed by atoms with Gasteiger partial charge in [-0.2, -0.15) is 4.98 Å². The van der Waals surface area contributed by atoms with Crippen LogP contribution in [0.5, 0.6) is 0 Å². The topological polar surface area (TPSA) is 125 Å². The van der Waals surface area contributed by atoms with Crippen molar-refractivity contribution in [3.63, 3.8) is 0 Å². The Morgan fingerprint density at radius 3 is 2.62 bits per heavy atom. The van der Waals surface area contributed by atoms with Crippen molar-refractivity contribution in [3.05, 3.63) is 64.3 Å². The lowest BCUT2D eigenvalue weighted by Gasteiger charge is -2.17. The van der Waals surface area contributed by atoms with Crippen LogP contribution >= 0.6 is 0 Å². The van der Waals surface area contributed by atoms with Gasteiger partial charge in [-0.15, -0.1) is 0 Å². The Kier molecular flexibility index (Phi) is 5.50. The van der Waals surface area contributed by atoms with Gasteiger partial charge in [-0.1, -0.05) is 6.07 Å². The molecule has 2 aromatic carbocycles. The number of fused-ring (bicyclic) bond motifs is 1. The van der Waals surface area contributed by atoms with Crippen molar-refractivity contribution < 1.29 is 13.9 Å². The van der Waals surface area contributed by atoms with Crippen molar-refractivity contribution in [2.45, 2.75) is 6.92 Å². The van der Waals surface area contributed by atoms with E-state index in [-0.39, 0.29) is 11.4 Å². The number of nitrogens with zero attached hydrogens (tertiary/aromatic N) is 3. The predicted octanol–water partition coefficient (Wildman–Crippen LogP) is 3.56. The summed E-state index contributed by atoms with van der Waals surface area (Å²) < 4.78 is 9.87. The largest absolute Gasteiger partial charge is 0.465 e. The molecular weight excluding hydrogens is 412 g/mol. The molecular formula is C22H22N6O4. The summed E-state index contributed by atoms with van der Waals surface area (Å²) in [6, 6.07) is 10.9. The number of hydrogen-bond donors (Lipinski definition) is 3. The van der Waals surface area contributed by atoms with Crippen molar-refractivity contribution >= 4 is 45.9 Å². The Hall–Kier alpha value is -4.34. The lowest BCUT2D eigenvalue weighted by atomic mass is 10.1. The van der Waals surface area contributed by atoms with E-state index >= 15 is 0 Å². The zero-order chi connectivity index (χ0) is 22.8. The molecule has 0 amide bonds. The van der Waals surface area contributed by atoms with Crippen molar-refractivity contribution in [1.82, 2.24) is 15.0 Å². The molecule has 164 valence electrons. The molecule has 0 unspecified atom stereocenters. The highest BCUT2D eigenvalue weighted by Crippen LogP contribution is 2.26. The number of H-pyrrole nitrogens is 1. The second-order valence-corrected chi connectivity index (χ2v) is 7.32. The number of rotatable bonds is 6. The molecule has 0 spiro atoms. The van der Waals surface area contributed by atoms with Gasteiger partial charge in [0.2, 0.25) is 5.95 Å². The van der Waals surface area contributed by atoms with E-state index in [1.807, 2.05) is 44.1 Å². The van der Waals surface area contributed by atoms with E-state index in [9.17, 15) is 9.59 Å². The zero-order valence-electron chi connectivity index (χ0n) is 18.0. The number of methoxy groups -OCH3 is 1. The molecule has 0 bridgehead atoms. The summed E-state index contributed by atoms with van der Waals surface area (Å²) in [4.78, 5) is 37.0. The molecule has 32 heavy (non-hydrogen) atoms. The Labute approximate surface area is 183 Å². The monoisotopic (exact) mass is 434 g/mol. The molecule has 2 aromatic heterocycles. The molecule has 10 nitrogen and oxygen atoms in total. The summed E-state index contributed by atoms with van der Waals surface area (Å²) in [6.45, 7) is 2.03. The average Bonchev–Trinajstić information content (AvgIpc) is 3.14. The molecule has 3 N–H and O–H groups in total. The first-order valence-electron chi connectivity index (χ1n) is 9.74. The maximum absolute atomic E-state index is 12.2. The number of nitrogens with one attached hydrogen (secondary N) is 3. The lowest BCUT2D eigenvalue weighted by molar-refractivity contribution is 0.0601. The zero-order valence-corrected chi connectivity index (χ0v) is 18.0. The molecule has 0 aliphatic carbocycles. The van der Waals surface area contributed by atoms with Gasteiger partial charge in [0, 0.05) is 37.4 Å². The van der Waals surface area contributed by atoms with Crippen molar-refractivity contribution in [1.29, 1.82) is 0 Å². The number of hydrogen-bond acceptors (Lipinski definition) is 9. The highest BCUT2D eigenvalue weighted by atomic mass is 16.5. The fourth-order valence-electron chi connectivity index (χ4n) is 3.26. The first-order valence-corrected chi connectivity index (χ1v) is 9.74. The minimum Gasteiger partial charge on any atom is -0.465 e. The van der Waals surface area contributed by atoms with Gasteiger partial charge in [-0.3, -0.25) is 4.98 Å². The number of ether oxygens (including phenoxy) is 1. The average molecular weight is 434 g/mol. The van der Waals surface area contributed by atoms with E-state index in [2.05, 4.69) is 25.6 Å². The predicted molar refractivity (Wildman–Crippen MR) is 122 cm³/mol. The molecule has 0 aliphatic heterocycles.